The molecule has 1 N–H and O–H groups in total. The second-order valence-corrected chi connectivity index (χ2v) is 5.60. The quantitative estimate of drug-likeness (QED) is 0.927. The van der Waals surface area contributed by atoms with Gasteiger partial charge in [-0.1, -0.05) is 0 Å². The summed E-state index contributed by atoms with van der Waals surface area (Å²) < 4.78 is 37.3. The van der Waals surface area contributed by atoms with E-state index in [1.807, 2.05) is 6.92 Å². The first kappa shape index (κ1) is 16.6. The highest BCUT2D eigenvalue weighted by Gasteiger charge is 2.32. The average Bonchev–Trinajstić information content (AvgIpc) is 2.48. The molecule has 1 aliphatic rings. The molecule has 120 valence electrons. The van der Waals surface area contributed by atoms with Gasteiger partial charge in [0.05, 0.1) is 24.4 Å². The second-order valence-electron chi connectivity index (χ2n) is 5.60. The third kappa shape index (κ3) is 4.34. The molecule has 0 radical (unpaired) electrons. The van der Waals surface area contributed by atoms with Crippen LogP contribution >= 0.6 is 0 Å². The van der Waals surface area contributed by atoms with E-state index in [0.717, 1.165) is 32.0 Å². The van der Waals surface area contributed by atoms with E-state index in [1.165, 1.54) is 12.3 Å². The molecule has 1 saturated heterocycles. The predicted octanol–water partition coefficient (Wildman–Crippen LogP) is 3.28. The molecule has 0 aliphatic carbocycles. The molecule has 1 unspecified atom stereocenters. The van der Waals surface area contributed by atoms with Gasteiger partial charge in [0.1, 0.15) is 5.69 Å². The Hall–Kier alpha value is -1.81. The van der Waals surface area contributed by atoms with Gasteiger partial charge >= 0.3 is 6.18 Å². The Balaban J connectivity index is 1.85. The molecule has 1 aliphatic heterocycles. The van der Waals surface area contributed by atoms with Crippen LogP contribution in [0.1, 0.15) is 31.9 Å². The highest BCUT2D eigenvalue weighted by atomic mass is 19.4. The van der Waals surface area contributed by atoms with Crippen LogP contribution in [0.15, 0.2) is 18.3 Å². The Kier molecular flexibility index (Phi) is 5.24. The number of piperidine rings is 1. The maximum absolute atomic E-state index is 12.4. The van der Waals surface area contributed by atoms with Crippen LogP contribution in [0.2, 0.25) is 0 Å². The van der Waals surface area contributed by atoms with Crippen molar-refractivity contribution in [3.05, 3.63) is 24.0 Å². The Morgan fingerprint density at radius 3 is 2.59 bits per heavy atom. The summed E-state index contributed by atoms with van der Waals surface area (Å²) in [7, 11) is 0. The fraction of sp³-hybridized carbons (Fsp3) is 0.600. The molecule has 7 heteroatoms. The number of rotatable bonds is 4. The van der Waals surface area contributed by atoms with Gasteiger partial charge in [-0.2, -0.15) is 18.4 Å². The monoisotopic (exact) mass is 312 g/mol. The number of likely N-dealkylation sites (tertiary alicyclic amines) is 1. The molecular formula is C15H19F3N4. The topological polar surface area (TPSA) is 52.0 Å². The van der Waals surface area contributed by atoms with E-state index in [4.69, 9.17) is 5.26 Å². The number of anilines is 1. The molecule has 4 nitrogen and oxygen atoms in total. The van der Waals surface area contributed by atoms with Gasteiger partial charge in [0.25, 0.3) is 0 Å². The molecular weight excluding hydrogens is 293 g/mol. The van der Waals surface area contributed by atoms with Crippen LogP contribution < -0.4 is 5.32 Å². The zero-order valence-electron chi connectivity index (χ0n) is 12.4. The van der Waals surface area contributed by atoms with Crippen molar-refractivity contribution >= 4 is 5.69 Å². The molecule has 2 heterocycles. The van der Waals surface area contributed by atoms with E-state index in [2.05, 4.69) is 21.3 Å². The minimum Gasteiger partial charge on any atom is -0.381 e. The van der Waals surface area contributed by atoms with Crippen molar-refractivity contribution in [3.8, 4) is 6.07 Å². The van der Waals surface area contributed by atoms with Crippen LogP contribution in [0, 0.1) is 11.3 Å². The van der Waals surface area contributed by atoms with Gasteiger partial charge in [-0.3, -0.25) is 4.90 Å². The average molecular weight is 312 g/mol. The zero-order valence-corrected chi connectivity index (χ0v) is 12.4. The zero-order chi connectivity index (χ0) is 16.2. The lowest BCUT2D eigenvalue weighted by atomic mass is 10.0. The lowest BCUT2D eigenvalue weighted by Gasteiger charge is -2.35. The summed E-state index contributed by atoms with van der Waals surface area (Å²) >= 11 is 0. The highest BCUT2D eigenvalue weighted by molar-refractivity contribution is 5.42. The Bertz CT molecular complexity index is 513. The number of halogens is 3. The van der Waals surface area contributed by atoms with Gasteiger partial charge in [-0.25, -0.2) is 4.98 Å². The summed E-state index contributed by atoms with van der Waals surface area (Å²) in [6.45, 7) is 3.81. The molecule has 0 bridgehead atoms. The fourth-order valence-corrected chi connectivity index (χ4v) is 2.63. The summed E-state index contributed by atoms with van der Waals surface area (Å²) in [5.41, 5.74) is -0.269. The standard InChI is InChI=1S/C15H19F3N4/c1-11(4-7-19)22-8-5-12(6-9-22)21-13-2-3-14(20-10-13)15(16,17)18/h2-3,10-12,21H,4-6,8-9H2,1H3. The smallest absolute Gasteiger partial charge is 0.381 e. The van der Waals surface area contributed by atoms with Gasteiger partial charge < -0.3 is 5.32 Å². The normalized spacial score (nSPS) is 18.7. The number of nitrogens with zero attached hydrogens (tertiary/aromatic N) is 3. The number of pyridine rings is 1. The number of nitrogens with one attached hydrogen (secondary N) is 1. The summed E-state index contributed by atoms with van der Waals surface area (Å²) in [6, 6.07) is 5.06. The largest absolute Gasteiger partial charge is 0.433 e. The van der Waals surface area contributed by atoms with Crippen LogP contribution in [-0.4, -0.2) is 35.1 Å². The van der Waals surface area contributed by atoms with Crippen LogP contribution in [0.5, 0.6) is 0 Å². The molecule has 1 aromatic rings. The molecule has 0 spiro atoms. The van der Waals surface area contributed by atoms with Crippen molar-refractivity contribution in [2.24, 2.45) is 0 Å². The number of nitriles is 1. The minimum absolute atomic E-state index is 0.226. The van der Waals surface area contributed by atoms with E-state index in [-0.39, 0.29) is 12.1 Å². The first-order valence-corrected chi connectivity index (χ1v) is 7.31. The van der Waals surface area contributed by atoms with Gasteiger partial charge in [-0.05, 0) is 31.9 Å². The van der Waals surface area contributed by atoms with E-state index in [9.17, 15) is 13.2 Å². The number of hydrogen-bond acceptors (Lipinski definition) is 4. The summed E-state index contributed by atoms with van der Waals surface area (Å²) in [4.78, 5) is 5.72. The van der Waals surface area contributed by atoms with Gasteiger partial charge in [0.2, 0.25) is 0 Å². The molecule has 1 fully saturated rings. The predicted molar refractivity (Wildman–Crippen MR) is 77.1 cm³/mol. The SMILES string of the molecule is CC(CC#N)N1CCC(Nc2ccc(C(F)(F)F)nc2)CC1. The number of aromatic nitrogens is 1. The van der Waals surface area contributed by atoms with E-state index in [0.29, 0.717) is 12.1 Å². The van der Waals surface area contributed by atoms with Crippen LogP contribution in [-0.2, 0) is 6.18 Å². The maximum atomic E-state index is 12.4. The van der Waals surface area contributed by atoms with Crippen molar-refractivity contribution in [1.82, 2.24) is 9.88 Å². The lowest BCUT2D eigenvalue weighted by molar-refractivity contribution is -0.141. The van der Waals surface area contributed by atoms with E-state index in [1.54, 1.807) is 0 Å². The Morgan fingerprint density at radius 1 is 1.41 bits per heavy atom. The number of alkyl halides is 3. The molecule has 1 atom stereocenters. The fourth-order valence-electron chi connectivity index (χ4n) is 2.63. The van der Waals surface area contributed by atoms with Gasteiger partial charge in [0.15, 0.2) is 0 Å². The maximum Gasteiger partial charge on any atom is 0.433 e. The minimum atomic E-state index is -4.40. The van der Waals surface area contributed by atoms with E-state index >= 15 is 0 Å². The Morgan fingerprint density at radius 2 is 2.09 bits per heavy atom. The van der Waals surface area contributed by atoms with Gasteiger partial charge in [-0.15, -0.1) is 0 Å². The molecule has 0 amide bonds. The third-order valence-electron chi connectivity index (χ3n) is 3.96. The van der Waals surface area contributed by atoms with E-state index < -0.39 is 11.9 Å². The summed E-state index contributed by atoms with van der Waals surface area (Å²) in [6.07, 6.45) is -0.858. The van der Waals surface area contributed by atoms with Crippen LogP contribution in [0.4, 0.5) is 18.9 Å². The van der Waals surface area contributed by atoms with Crippen molar-refractivity contribution in [2.75, 3.05) is 18.4 Å². The van der Waals surface area contributed by atoms with Crippen LogP contribution in [0.25, 0.3) is 0 Å². The lowest BCUT2D eigenvalue weighted by Crippen LogP contribution is -2.43. The molecule has 1 aromatic heterocycles. The molecule has 2 rings (SSSR count). The third-order valence-corrected chi connectivity index (χ3v) is 3.96. The van der Waals surface area contributed by atoms with Crippen molar-refractivity contribution in [1.29, 1.82) is 5.26 Å². The molecule has 22 heavy (non-hydrogen) atoms. The summed E-state index contributed by atoms with van der Waals surface area (Å²) in [5, 5.41) is 11.9. The Labute approximate surface area is 127 Å². The van der Waals surface area contributed by atoms with Gasteiger partial charge in [0, 0.05) is 25.2 Å². The van der Waals surface area contributed by atoms with Crippen molar-refractivity contribution < 1.29 is 13.2 Å². The molecule has 0 saturated carbocycles. The van der Waals surface area contributed by atoms with Crippen LogP contribution in [0.3, 0.4) is 0 Å². The summed E-state index contributed by atoms with van der Waals surface area (Å²) in [5.74, 6) is 0. The first-order chi connectivity index (χ1) is 10.4. The highest BCUT2D eigenvalue weighted by Crippen LogP contribution is 2.28. The first-order valence-electron chi connectivity index (χ1n) is 7.31. The van der Waals surface area contributed by atoms with Crippen molar-refractivity contribution in [2.45, 2.75) is 44.4 Å². The second kappa shape index (κ2) is 6.97. The molecule has 0 aromatic carbocycles. The van der Waals surface area contributed by atoms with Crippen molar-refractivity contribution in [3.63, 3.8) is 0 Å². The number of hydrogen-bond donors (Lipinski definition) is 1.